The minimum Gasteiger partial charge on any atom is -0.297 e. The van der Waals surface area contributed by atoms with E-state index in [1.807, 2.05) is 0 Å². The highest BCUT2D eigenvalue weighted by molar-refractivity contribution is 7.17. The molecule has 0 atom stereocenters. The Balaban J connectivity index is 2.35. The molecule has 1 N–H and O–H groups in total. The molecule has 0 fully saturated rings. The van der Waals surface area contributed by atoms with Gasteiger partial charge in [0.25, 0.3) is 0 Å². The van der Waals surface area contributed by atoms with Gasteiger partial charge in [-0.15, -0.1) is 11.3 Å². The highest BCUT2D eigenvalue weighted by Gasteiger charge is 2.30. The molecule has 0 unspecified atom stereocenters. The van der Waals surface area contributed by atoms with Crippen LogP contribution < -0.4 is 0 Å². The molecule has 0 aliphatic rings. The minimum absolute atomic E-state index is 0.341. The molecule has 2 rings (SSSR count). The minimum atomic E-state index is -3.46. The second-order valence-corrected chi connectivity index (χ2v) is 4.57. The molecule has 84 valence electrons. The van der Waals surface area contributed by atoms with Crippen LogP contribution in [0.5, 0.6) is 0 Å². The summed E-state index contributed by atoms with van der Waals surface area (Å²) < 4.78 is 25.4. The van der Waals surface area contributed by atoms with Crippen molar-refractivity contribution in [3.63, 3.8) is 0 Å². The predicted octanol–water partition coefficient (Wildman–Crippen LogP) is 3.24. The zero-order valence-corrected chi connectivity index (χ0v) is 9.28. The van der Waals surface area contributed by atoms with Gasteiger partial charge in [0.2, 0.25) is 0 Å². The monoisotopic (exact) mass is 262 g/mol. The maximum absolute atomic E-state index is 12.7. The van der Waals surface area contributed by atoms with Crippen LogP contribution in [-0.4, -0.2) is 16.5 Å². The standard InChI is InChI=1S/C9H5ClF2N2OS/c10-9(11,12)8-3-6(13-14-8)7-2-1-5(4-15)16-7/h1-4H,(H,13,14). The Morgan fingerprint density at radius 2 is 2.25 bits per heavy atom. The number of hydrogen-bond acceptors (Lipinski definition) is 3. The number of aldehydes is 1. The summed E-state index contributed by atoms with van der Waals surface area (Å²) in [5, 5.41) is 2.40. The Morgan fingerprint density at radius 3 is 2.75 bits per heavy atom. The van der Waals surface area contributed by atoms with Crippen LogP contribution in [-0.2, 0) is 5.38 Å². The van der Waals surface area contributed by atoms with Crippen LogP contribution in [0.25, 0.3) is 10.6 Å². The van der Waals surface area contributed by atoms with Crippen molar-refractivity contribution in [2.45, 2.75) is 5.38 Å². The lowest BCUT2D eigenvalue weighted by Crippen LogP contribution is -2.03. The molecule has 0 bridgehead atoms. The lowest BCUT2D eigenvalue weighted by atomic mass is 10.3. The largest absolute Gasteiger partial charge is 0.364 e. The lowest BCUT2D eigenvalue weighted by molar-refractivity contribution is 0.0899. The molecule has 0 spiro atoms. The summed E-state index contributed by atoms with van der Waals surface area (Å²) in [7, 11) is 0. The molecule has 0 aliphatic carbocycles. The lowest BCUT2D eigenvalue weighted by Gasteiger charge is -2.01. The molecule has 2 aromatic rings. The SMILES string of the molecule is O=Cc1ccc(-c2cc(C(F)(F)Cl)[nH]n2)s1. The summed E-state index contributed by atoms with van der Waals surface area (Å²) >= 11 is 6.01. The summed E-state index contributed by atoms with van der Waals surface area (Å²) in [4.78, 5) is 11.6. The second kappa shape index (κ2) is 3.95. The predicted molar refractivity (Wildman–Crippen MR) is 57.0 cm³/mol. The number of carbonyl (C=O) groups is 1. The van der Waals surface area contributed by atoms with Gasteiger partial charge in [-0.1, -0.05) is 0 Å². The number of hydrogen-bond donors (Lipinski definition) is 1. The number of halogens is 3. The maximum atomic E-state index is 12.7. The van der Waals surface area contributed by atoms with E-state index in [-0.39, 0.29) is 0 Å². The molecule has 0 saturated carbocycles. The maximum Gasteiger partial charge on any atom is 0.364 e. The average Bonchev–Trinajstić information content (AvgIpc) is 2.85. The summed E-state index contributed by atoms with van der Waals surface area (Å²) in [5.41, 5.74) is -0.126. The number of thiophene rings is 1. The van der Waals surface area contributed by atoms with Gasteiger partial charge in [0.1, 0.15) is 11.4 Å². The van der Waals surface area contributed by atoms with Gasteiger partial charge < -0.3 is 0 Å². The second-order valence-electron chi connectivity index (χ2n) is 2.98. The number of aromatic amines is 1. The Morgan fingerprint density at radius 1 is 1.50 bits per heavy atom. The van der Waals surface area contributed by atoms with Crippen LogP contribution in [0.4, 0.5) is 8.78 Å². The van der Waals surface area contributed by atoms with E-state index in [0.717, 1.165) is 6.07 Å². The third kappa shape index (κ3) is 2.12. The van der Waals surface area contributed by atoms with Crippen molar-refractivity contribution in [2.24, 2.45) is 0 Å². The highest BCUT2D eigenvalue weighted by Crippen LogP contribution is 2.34. The Bertz CT molecular complexity index is 518. The fourth-order valence-electron chi connectivity index (χ4n) is 1.15. The van der Waals surface area contributed by atoms with Crippen LogP contribution in [0.1, 0.15) is 15.4 Å². The molecule has 2 aromatic heterocycles. The van der Waals surface area contributed by atoms with Gasteiger partial charge >= 0.3 is 5.38 Å². The fourth-order valence-corrected chi connectivity index (χ4v) is 2.03. The molecule has 2 heterocycles. The smallest absolute Gasteiger partial charge is 0.297 e. The van der Waals surface area contributed by atoms with Crippen LogP contribution in [0, 0.1) is 0 Å². The molecule has 16 heavy (non-hydrogen) atoms. The van der Waals surface area contributed by atoms with Crippen molar-refractivity contribution in [2.75, 3.05) is 0 Å². The number of H-pyrrole nitrogens is 1. The zero-order chi connectivity index (χ0) is 11.8. The molecular weight excluding hydrogens is 258 g/mol. The highest BCUT2D eigenvalue weighted by atomic mass is 35.5. The first kappa shape index (κ1) is 11.2. The van der Waals surface area contributed by atoms with E-state index in [0.29, 0.717) is 21.7 Å². The number of carbonyl (C=O) groups excluding carboxylic acids is 1. The molecule has 0 aromatic carbocycles. The first-order valence-corrected chi connectivity index (χ1v) is 5.38. The van der Waals surface area contributed by atoms with Gasteiger partial charge in [0.15, 0.2) is 6.29 Å². The van der Waals surface area contributed by atoms with Crippen molar-refractivity contribution < 1.29 is 13.6 Å². The molecule has 7 heteroatoms. The van der Waals surface area contributed by atoms with E-state index >= 15 is 0 Å². The van der Waals surface area contributed by atoms with Crippen molar-refractivity contribution in [1.29, 1.82) is 0 Å². The van der Waals surface area contributed by atoms with E-state index in [1.165, 1.54) is 11.3 Å². The number of rotatable bonds is 3. The van der Waals surface area contributed by atoms with E-state index in [9.17, 15) is 13.6 Å². The molecule has 0 amide bonds. The quantitative estimate of drug-likeness (QED) is 0.682. The molecule has 0 radical (unpaired) electrons. The van der Waals surface area contributed by atoms with Crippen LogP contribution in [0.3, 0.4) is 0 Å². The van der Waals surface area contributed by atoms with Crippen LogP contribution in [0.15, 0.2) is 18.2 Å². The Kier molecular flexibility index (Phi) is 2.77. The van der Waals surface area contributed by atoms with Gasteiger partial charge in [0.05, 0.1) is 9.75 Å². The van der Waals surface area contributed by atoms with E-state index in [2.05, 4.69) is 10.2 Å². The van der Waals surface area contributed by atoms with Crippen LogP contribution in [0.2, 0.25) is 0 Å². The van der Waals surface area contributed by atoms with Gasteiger partial charge in [-0.3, -0.25) is 9.89 Å². The summed E-state index contributed by atoms with van der Waals surface area (Å²) in [6.45, 7) is 0. The first-order valence-electron chi connectivity index (χ1n) is 4.18. The van der Waals surface area contributed by atoms with Gasteiger partial charge in [-0.2, -0.15) is 13.9 Å². The molecule has 3 nitrogen and oxygen atoms in total. The number of aromatic nitrogens is 2. The molecular formula is C9H5ClF2N2OS. The first-order chi connectivity index (χ1) is 7.50. The number of alkyl halides is 3. The zero-order valence-electron chi connectivity index (χ0n) is 7.71. The van der Waals surface area contributed by atoms with E-state index in [1.54, 1.807) is 12.1 Å². The van der Waals surface area contributed by atoms with Crippen molar-refractivity contribution in [3.8, 4) is 10.6 Å². The number of nitrogens with one attached hydrogen (secondary N) is 1. The number of nitrogens with zero attached hydrogens (tertiary/aromatic N) is 1. The fraction of sp³-hybridized carbons (Fsp3) is 0.111. The summed E-state index contributed by atoms with van der Waals surface area (Å²) in [6.07, 6.45) is 0.692. The van der Waals surface area contributed by atoms with Crippen LogP contribution >= 0.6 is 22.9 Å². The van der Waals surface area contributed by atoms with Gasteiger partial charge in [-0.25, -0.2) is 0 Å². The summed E-state index contributed by atoms with van der Waals surface area (Å²) in [5.74, 6) is 0. The molecule has 0 saturated heterocycles. The van der Waals surface area contributed by atoms with Crippen molar-refractivity contribution in [3.05, 3.63) is 28.8 Å². The normalized spacial score (nSPS) is 11.7. The van der Waals surface area contributed by atoms with E-state index < -0.39 is 11.1 Å². The van der Waals surface area contributed by atoms with Gasteiger partial charge in [0, 0.05) is 0 Å². The topological polar surface area (TPSA) is 45.8 Å². The van der Waals surface area contributed by atoms with E-state index in [4.69, 9.17) is 11.6 Å². The Labute approximate surface area is 98.1 Å². The van der Waals surface area contributed by atoms with Crippen molar-refractivity contribution in [1.82, 2.24) is 10.2 Å². The van der Waals surface area contributed by atoms with Gasteiger partial charge in [-0.05, 0) is 29.8 Å². The van der Waals surface area contributed by atoms with Crippen molar-refractivity contribution >= 4 is 29.2 Å². The average molecular weight is 263 g/mol. The third-order valence-corrected chi connectivity index (χ3v) is 3.12. The third-order valence-electron chi connectivity index (χ3n) is 1.88. The molecule has 0 aliphatic heterocycles. The Hall–Kier alpha value is -1.27. The summed E-state index contributed by atoms with van der Waals surface area (Å²) in [6, 6.07) is 4.40.